The third kappa shape index (κ3) is 4.80. The fourth-order valence-corrected chi connectivity index (χ4v) is 2.68. The lowest BCUT2D eigenvalue weighted by atomic mass is 10.3. The van der Waals surface area contributed by atoms with Gasteiger partial charge in [0.1, 0.15) is 0 Å². The number of amides is 1. The van der Waals surface area contributed by atoms with Crippen molar-refractivity contribution in [2.75, 3.05) is 11.9 Å². The first-order valence-electron chi connectivity index (χ1n) is 5.51. The van der Waals surface area contributed by atoms with Gasteiger partial charge in [-0.3, -0.25) is 9.59 Å². The number of anilines is 1. The van der Waals surface area contributed by atoms with E-state index in [1.807, 2.05) is 0 Å². The number of rotatable bonds is 6. The predicted octanol–water partition coefficient (Wildman–Crippen LogP) is 1.05. The Labute approximate surface area is 121 Å². The summed E-state index contributed by atoms with van der Waals surface area (Å²) < 4.78 is 25.8. The van der Waals surface area contributed by atoms with E-state index in [-0.39, 0.29) is 28.8 Å². The molecule has 0 spiro atoms. The van der Waals surface area contributed by atoms with Crippen molar-refractivity contribution in [1.82, 2.24) is 4.72 Å². The second-order valence-electron chi connectivity index (χ2n) is 3.86. The summed E-state index contributed by atoms with van der Waals surface area (Å²) in [4.78, 5) is 21.1. The largest absolute Gasteiger partial charge is 0.481 e. The van der Waals surface area contributed by atoms with E-state index in [2.05, 4.69) is 10.0 Å². The van der Waals surface area contributed by atoms with Gasteiger partial charge in [0.2, 0.25) is 15.9 Å². The molecule has 0 fully saturated rings. The lowest BCUT2D eigenvalue weighted by Crippen LogP contribution is -2.26. The molecule has 0 aliphatic heterocycles. The molecule has 3 N–H and O–H groups in total. The van der Waals surface area contributed by atoms with Crippen molar-refractivity contribution < 1.29 is 23.1 Å². The Morgan fingerprint density at radius 2 is 2.00 bits per heavy atom. The van der Waals surface area contributed by atoms with E-state index in [1.165, 1.54) is 25.1 Å². The normalized spacial score (nSPS) is 11.1. The Morgan fingerprint density at radius 1 is 1.35 bits per heavy atom. The van der Waals surface area contributed by atoms with Gasteiger partial charge in [0.05, 0.1) is 22.0 Å². The quantitative estimate of drug-likeness (QED) is 0.725. The van der Waals surface area contributed by atoms with Crippen LogP contribution in [0.3, 0.4) is 0 Å². The zero-order valence-electron chi connectivity index (χ0n) is 10.5. The summed E-state index contributed by atoms with van der Waals surface area (Å²) >= 11 is 5.86. The standard InChI is InChI=1S/C11H13ClN2O5S/c1-7(15)14-10-3-2-8(6-9(10)12)20(18,19)13-5-4-11(16)17/h2-3,6,13H,4-5H2,1H3,(H,14,15)(H,16,17). The van der Waals surface area contributed by atoms with Crippen LogP contribution in [0, 0.1) is 0 Å². The third-order valence-electron chi connectivity index (χ3n) is 2.19. The Kier molecular flexibility index (Phi) is 5.49. The number of benzene rings is 1. The van der Waals surface area contributed by atoms with Crippen molar-refractivity contribution in [3.8, 4) is 0 Å². The second kappa shape index (κ2) is 6.69. The van der Waals surface area contributed by atoms with Crippen LogP contribution < -0.4 is 10.0 Å². The molecule has 20 heavy (non-hydrogen) atoms. The Balaban J connectivity index is 2.88. The molecule has 0 aliphatic carbocycles. The average Bonchev–Trinajstić information content (AvgIpc) is 2.30. The number of halogens is 1. The summed E-state index contributed by atoms with van der Waals surface area (Å²) in [5, 5.41) is 11.0. The molecule has 0 saturated heterocycles. The number of carbonyl (C=O) groups is 2. The Bertz CT molecular complexity index is 630. The summed E-state index contributed by atoms with van der Waals surface area (Å²) in [5.41, 5.74) is 0.295. The van der Waals surface area contributed by atoms with E-state index in [9.17, 15) is 18.0 Å². The lowest BCUT2D eigenvalue weighted by molar-refractivity contribution is -0.136. The van der Waals surface area contributed by atoms with E-state index >= 15 is 0 Å². The van der Waals surface area contributed by atoms with Crippen LogP contribution in [-0.2, 0) is 19.6 Å². The van der Waals surface area contributed by atoms with Crippen molar-refractivity contribution in [2.24, 2.45) is 0 Å². The molecule has 1 rings (SSSR count). The van der Waals surface area contributed by atoms with Gasteiger partial charge < -0.3 is 10.4 Å². The van der Waals surface area contributed by atoms with Gasteiger partial charge in [0.15, 0.2) is 0 Å². The molecule has 9 heteroatoms. The monoisotopic (exact) mass is 320 g/mol. The van der Waals surface area contributed by atoms with Crippen molar-refractivity contribution in [3.63, 3.8) is 0 Å². The van der Waals surface area contributed by atoms with Crippen molar-refractivity contribution in [1.29, 1.82) is 0 Å². The molecule has 1 aromatic rings. The highest BCUT2D eigenvalue weighted by atomic mass is 35.5. The number of carboxylic acids is 1. The molecule has 0 heterocycles. The number of carbonyl (C=O) groups excluding carboxylic acids is 1. The van der Waals surface area contributed by atoms with Crippen molar-refractivity contribution >= 4 is 39.2 Å². The van der Waals surface area contributed by atoms with E-state index in [0.717, 1.165) is 0 Å². The van der Waals surface area contributed by atoms with E-state index < -0.39 is 16.0 Å². The molecule has 0 radical (unpaired) electrons. The van der Waals surface area contributed by atoms with Crippen LogP contribution in [0.25, 0.3) is 0 Å². The molecule has 0 atom stereocenters. The summed E-state index contributed by atoms with van der Waals surface area (Å²) in [6.07, 6.45) is -0.322. The predicted molar refractivity (Wildman–Crippen MR) is 73.2 cm³/mol. The molecular formula is C11H13ClN2O5S. The fraction of sp³-hybridized carbons (Fsp3) is 0.273. The zero-order chi connectivity index (χ0) is 15.3. The number of hydrogen-bond donors (Lipinski definition) is 3. The highest BCUT2D eigenvalue weighted by molar-refractivity contribution is 7.89. The van der Waals surface area contributed by atoms with Gasteiger partial charge in [-0.25, -0.2) is 13.1 Å². The van der Waals surface area contributed by atoms with Crippen LogP contribution in [-0.4, -0.2) is 31.9 Å². The number of nitrogens with one attached hydrogen (secondary N) is 2. The molecule has 0 unspecified atom stereocenters. The minimum Gasteiger partial charge on any atom is -0.481 e. The summed E-state index contributed by atoms with van der Waals surface area (Å²) in [7, 11) is -3.83. The maximum atomic E-state index is 11.8. The first-order valence-corrected chi connectivity index (χ1v) is 7.37. The summed E-state index contributed by atoms with van der Waals surface area (Å²) in [5.74, 6) is -1.44. The molecule has 0 bridgehead atoms. The van der Waals surface area contributed by atoms with E-state index in [4.69, 9.17) is 16.7 Å². The van der Waals surface area contributed by atoms with Gasteiger partial charge in [0, 0.05) is 13.5 Å². The number of sulfonamides is 1. The molecule has 0 aromatic heterocycles. The van der Waals surface area contributed by atoms with Crippen LogP contribution in [0.15, 0.2) is 23.1 Å². The second-order valence-corrected chi connectivity index (χ2v) is 6.04. The van der Waals surface area contributed by atoms with Crippen molar-refractivity contribution in [3.05, 3.63) is 23.2 Å². The number of hydrogen-bond acceptors (Lipinski definition) is 4. The Hall–Kier alpha value is -1.64. The van der Waals surface area contributed by atoms with Crippen LogP contribution in [0.5, 0.6) is 0 Å². The van der Waals surface area contributed by atoms with Crippen LogP contribution >= 0.6 is 11.6 Å². The lowest BCUT2D eigenvalue weighted by Gasteiger charge is -2.09. The molecule has 1 aromatic carbocycles. The van der Waals surface area contributed by atoms with Crippen LogP contribution in [0.4, 0.5) is 5.69 Å². The van der Waals surface area contributed by atoms with E-state index in [1.54, 1.807) is 0 Å². The SMILES string of the molecule is CC(=O)Nc1ccc(S(=O)(=O)NCCC(=O)O)cc1Cl. The average molecular weight is 321 g/mol. The third-order valence-corrected chi connectivity index (χ3v) is 3.96. The van der Waals surface area contributed by atoms with Gasteiger partial charge in [-0.1, -0.05) is 11.6 Å². The highest BCUT2D eigenvalue weighted by Gasteiger charge is 2.16. The summed E-state index contributed by atoms with van der Waals surface area (Å²) in [6.45, 7) is 1.08. The maximum absolute atomic E-state index is 11.8. The van der Waals surface area contributed by atoms with Crippen LogP contribution in [0.1, 0.15) is 13.3 Å². The minimum absolute atomic E-state index is 0.0707. The molecule has 0 saturated carbocycles. The fourth-order valence-electron chi connectivity index (χ4n) is 1.33. The molecule has 0 aliphatic rings. The highest BCUT2D eigenvalue weighted by Crippen LogP contribution is 2.25. The minimum atomic E-state index is -3.83. The van der Waals surface area contributed by atoms with Gasteiger partial charge in [-0.2, -0.15) is 0 Å². The molecule has 110 valence electrons. The van der Waals surface area contributed by atoms with E-state index in [0.29, 0.717) is 5.69 Å². The van der Waals surface area contributed by atoms with Gasteiger partial charge in [-0.15, -0.1) is 0 Å². The van der Waals surface area contributed by atoms with Gasteiger partial charge >= 0.3 is 5.97 Å². The zero-order valence-corrected chi connectivity index (χ0v) is 12.1. The topological polar surface area (TPSA) is 113 Å². The number of carboxylic acid groups (broad SMARTS) is 1. The molecule has 7 nitrogen and oxygen atoms in total. The maximum Gasteiger partial charge on any atom is 0.304 e. The number of aliphatic carboxylic acids is 1. The summed E-state index contributed by atoms with van der Waals surface area (Å²) in [6, 6.07) is 3.80. The molecule has 1 amide bonds. The van der Waals surface area contributed by atoms with Crippen molar-refractivity contribution in [2.45, 2.75) is 18.2 Å². The van der Waals surface area contributed by atoms with Crippen LogP contribution in [0.2, 0.25) is 5.02 Å². The van der Waals surface area contributed by atoms with Gasteiger partial charge in [-0.05, 0) is 18.2 Å². The smallest absolute Gasteiger partial charge is 0.304 e. The Morgan fingerprint density at radius 3 is 2.50 bits per heavy atom. The first-order chi connectivity index (χ1) is 9.22. The molecular weight excluding hydrogens is 308 g/mol. The first kappa shape index (κ1) is 16.4. The van der Waals surface area contributed by atoms with Gasteiger partial charge in [0.25, 0.3) is 0 Å².